The zero-order valence-electron chi connectivity index (χ0n) is 69.2. The summed E-state index contributed by atoms with van der Waals surface area (Å²) in [4.78, 5) is 7.04. The van der Waals surface area contributed by atoms with Gasteiger partial charge in [0, 0.05) is 111 Å². The molecule has 0 amide bonds. The van der Waals surface area contributed by atoms with Crippen LogP contribution in [0.2, 0.25) is 0 Å². The van der Waals surface area contributed by atoms with Crippen molar-refractivity contribution in [3.8, 4) is 50.4 Å². The Bertz CT molecular complexity index is 7860. The predicted molar refractivity (Wildman–Crippen MR) is 535 cm³/mol. The van der Waals surface area contributed by atoms with Crippen LogP contribution in [0.3, 0.4) is 0 Å². The Hall–Kier alpha value is -16.8. The van der Waals surface area contributed by atoms with E-state index in [1.54, 1.807) is 0 Å². The lowest BCUT2D eigenvalue weighted by Gasteiger charge is -2.26. The molecule has 0 fully saturated rings. The molecule has 126 heavy (non-hydrogen) atoms. The minimum Gasteiger partial charge on any atom is -0.310 e. The lowest BCUT2D eigenvalue weighted by molar-refractivity contribution is 1.18. The van der Waals surface area contributed by atoms with Crippen LogP contribution in [0.5, 0.6) is 0 Å². The van der Waals surface area contributed by atoms with Crippen molar-refractivity contribution in [2.45, 2.75) is 0 Å². The summed E-state index contributed by atoms with van der Waals surface area (Å²) in [6.07, 6.45) is 0. The summed E-state index contributed by atoms with van der Waals surface area (Å²) >= 11 is 0. The molecule has 0 bridgehead atoms. The van der Waals surface area contributed by atoms with E-state index in [4.69, 9.17) is 0 Å². The van der Waals surface area contributed by atoms with Gasteiger partial charge in [-0.2, -0.15) is 0 Å². The van der Waals surface area contributed by atoms with Gasteiger partial charge in [0.15, 0.2) is 0 Å². The third-order valence-corrected chi connectivity index (χ3v) is 24.4. The first-order chi connectivity index (χ1) is 62.6. The average molecular weight is 1610 g/mol. The highest BCUT2D eigenvalue weighted by Gasteiger charge is 2.26. The fraction of sp³-hybridized carbons (Fsp3) is 0. The Kier molecular flexibility index (Phi) is 19.9. The maximum absolute atomic E-state index is 2.46. The molecule has 0 N–H and O–H groups in total. The molecule has 21 aromatic carbocycles. The molecule has 0 spiro atoms. The van der Waals surface area contributed by atoms with Gasteiger partial charge in [-0.05, 0) is 201 Å². The molecule has 0 unspecified atom stereocenters. The first-order valence-corrected chi connectivity index (χ1v) is 43.1. The smallest absolute Gasteiger partial charge is 0.0620 e. The summed E-state index contributed by atoms with van der Waals surface area (Å²) < 4.78 is 7.33. The molecule has 6 heteroatoms. The van der Waals surface area contributed by atoms with Gasteiger partial charge in [0.05, 0.1) is 38.8 Å². The molecule has 0 atom stereocenters. The summed E-state index contributed by atoms with van der Waals surface area (Å²) in [7, 11) is 0. The van der Waals surface area contributed by atoms with Crippen LogP contribution >= 0.6 is 0 Å². The number of nitrogens with zero attached hydrogens (tertiary/aromatic N) is 6. The Balaban J connectivity index is 0.000000112. The topological polar surface area (TPSA) is 24.5 Å². The van der Waals surface area contributed by atoms with Crippen LogP contribution in [-0.2, 0) is 0 Å². The largest absolute Gasteiger partial charge is 0.310 e. The minimum atomic E-state index is 1.12. The van der Waals surface area contributed by atoms with Crippen LogP contribution < -0.4 is 14.7 Å². The first-order valence-electron chi connectivity index (χ1n) is 43.1. The van der Waals surface area contributed by atoms with Crippen molar-refractivity contribution in [1.29, 1.82) is 0 Å². The highest BCUT2D eigenvalue weighted by atomic mass is 15.2. The molecule has 3 aromatic heterocycles. The molecule has 6 nitrogen and oxygen atoms in total. The number of anilines is 9. The number of fused-ring (bicyclic) bond motifs is 15. The SMILES string of the molecule is c1ccc(-c2ccc(-n3c4cc(N(c5ccccc5)c5ccccc5)ccc4c4ccc5ccccc5c43)cc2)cc1.c1ccc(-c2ccc(-n3c4ccc(N(c5ccccc5)c5ccccc5)cc4c4ccc5ccccc5c43)cc2)cc1.c1ccc(-c2cccc(-n3c4cccc(N(c5ccccc5)c5ccccc5)c4c4ccc5ccccc5c43)c2)cc1. The number of benzene rings is 21. The molecule has 0 saturated heterocycles. The van der Waals surface area contributed by atoms with Crippen LogP contribution in [0.25, 0.3) is 148 Å². The molecular formula is C120H84N6. The van der Waals surface area contributed by atoms with Crippen molar-refractivity contribution >= 4 is 149 Å². The van der Waals surface area contributed by atoms with Crippen molar-refractivity contribution in [3.63, 3.8) is 0 Å². The summed E-state index contributed by atoms with van der Waals surface area (Å²) in [6.45, 7) is 0. The van der Waals surface area contributed by atoms with Gasteiger partial charge in [-0.25, -0.2) is 0 Å². The highest BCUT2D eigenvalue weighted by Crippen LogP contribution is 2.49. The lowest BCUT2D eigenvalue weighted by Crippen LogP contribution is -2.10. The highest BCUT2D eigenvalue weighted by molar-refractivity contribution is 6.24. The number of hydrogen-bond acceptors (Lipinski definition) is 3. The molecule has 0 saturated carbocycles. The van der Waals surface area contributed by atoms with Gasteiger partial charge in [0.1, 0.15) is 0 Å². The predicted octanol–water partition coefficient (Wildman–Crippen LogP) is 33.2. The maximum atomic E-state index is 2.46. The number of aromatic nitrogens is 3. The summed E-state index contributed by atoms with van der Waals surface area (Å²) in [5.41, 5.74) is 28.2. The molecule has 0 radical (unpaired) electrons. The van der Waals surface area contributed by atoms with Crippen LogP contribution in [0.1, 0.15) is 0 Å². The molecule has 24 rings (SSSR count). The Morgan fingerprint density at radius 3 is 0.905 bits per heavy atom. The Morgan fingerprint density at radius 1 is 0.143 bits per heavy atom. The Morgan fingerprint density at radius 2 is 0.460 bits per heavy atom. The van der Waals surface area contributed by atoms with Crippen molar-refractivity contribution in [1.82, 2.24) is 13.7 Å². The number of rotatable bonds is 15. The van der Waals surface area contributed by atoms with Gasteiger partial charge in [0.25, 0.3) is 0 Å². The standard InChI is InChI=1S/3C40H28N2/c1-4-14-29(15-5-1)31-17-12-22-34(28-31)42-38-25-13-24-37(39(38)36-27-26-30-16-10-11-23-35(30)40(36)42)41(32-18-6-2-7-19-32)33-20-8-3-9-21-33;1-4-12-29(13-5-1)30-20-23-34(24-21-30)42-39-28-35(41(32-15-6-2-7-16-32)33-17-8-3-9-18-33)25-27-37(39)38-26-22-31-14-10-11-19-36(31)40(38)42;1-4-12-29(13-5-1)30-20-23-34(24-21-30)42-39-27-25-35(41(32-15-6-2-7-16-32)33-17-8-3-9-18-33)28-38(39)37-26-22-31-14-10-11-19-36(31)40(37)42/h3*1-28H. The van der Waals surface area contributed by atoms with Crippen LogP contribution in [-0.4, -0.2) is 13.7 Å². The second kappa shape index (κ2) is 33.3. The maximum Gasteiger partial charge on any atom is 0.0620 e. The fourth-order valence-electron chi connectivity index (χ4n) is 18.7. The van der Waals surface area contributed by atoms with E-state index in [0.717, 1.165) is 68.2 Å². The van der Waals surface area contributed by atoms with E-state index in [1.807, 2.05) is 0 Å². The van der Waals surface area contributed by atoms with E-state index in [1.165, 1.54) is 131 Å². The van der Waals surface area contributed by atoms with E-state index in [0.29, 0.717) is 0 Å². The third kappa shape index (κ3) is 14.1. The molecule has 0 aliphatic rings. The van der Waals surface area contributed by atoms with Gasteiger partial charge in [0.2, 0.25) is 0 Å². The second-order valence-electron chi connectivity index (χ2n) is 31.9. The van der Waals surface area contributed by atoms with E-state index in [9.17, 15) is 0 Å². The summed E-state index contributed by atoms with van der Waals surface area (Å²) in [6, 6.07) is 183. The Labute approximate surface area is 732 Å². The van der Waals surface area contributed by atoms with Crippen molar-refractivity contribution < 1.29 is 0 Å². The van der Waals surface area contributed by atoms with E-state index in [-0.39, 0.29) is 0 Å². The van der Waals surface area contributed by atoms with Crippen LogP contribution in [0.4, 0.5) is 51.2 Å². The van der Waals surface area contributed by atoms with E-state index < -0.39 is 0 Å². The van der Waals surface area contributed by atoms with Gasteiger partial charge < -0.3 is 28.4 Å². The van der Waals surface area contributed by atoms with Gasteiger partial charge in [-0.1, -0.05) is 358 Å². The van der Waals surface area contributed by atoms with Gasteiger partial charge in [-0.3, -0.25) is 0 Å². The second-order valence-corrected chi connectivity index (χ2v) is 31.9. The quantitative estimate of drug-likeness (QED) is 0.102. The van der Waals surface area contributed by atoms with Gasteiger partial charge in [-0.15, -0.1) is 0 Å². The lowest BCUT2D eigenvalue weighted by atomic mass is 10.0. The zero-order valence-corrected chi connectivity index (χ0v) is 69.2. The van der Waals surface area contributed by atoms with E-state index >= 15 is 0 Å². The first kappa shape index (κ1) is 75.4. The van der Waals surface area contributed by atoms with Crippen LogP contribution in [0.15, 0.2) is 510 Å². The molecular weight excluding hydrogens is 1530 g/mol. The van der Waals surface area contributed by atoms with Crippen molar-refractivity contribution in [3.05, 3.63) is 510 Å². The number of para-hydroxylation sites is 6. The molecule has 594 valence electrons. The molecule has 24 aromatic rings. The third-order valence-electron chi connectivity index (χ3n) is 24.4. The molecule has 0 aliphatic carbocycles. The van der Waals surface area contributed by atoms with Crippen molar-refractivity contribution in [2.24, 2.45) is 0 Å². The number of hydrogen-bond donors (Lipinski definition) is 0. The average Bonchev–Trinajstić information content (AvgIpc) is 1.58. The van der Waals surface area contributed by atoms with Crippen LogP contribution in [0, 0.1) is 0 Å². The van der Waals surface area contributed by atoms with Crippen molar-refractivity contribution in [2.75, 3.05) is 14.7 Å². The zero-order chi connectivity index (χ0) is 83.6. The fourth-order valence-corrected chi connectivity index (χ4v) is 18.7. The molecule has 3 heterocycles. The summed E-state index contributed by atoms with van der Waals surface area (Å²) in [5.74, 6) is 0. The normalized spacial score (nSPS) is 11.3. The minimum absolute atomic E-state index is 1.12. The monoisotopic (exact) mass is 1610 g/mol. The van der Waals surface area contributed by atoms with Gasteiger partial charge >= 0.3 is 0 Å². The molecule has 0 aliphatic heterocycles. The van der Waals surface area contributed by atoms with E-state index in [2.05, 4.69) is 538 Å². The summed E-state index contributed by atoms with van der Waals surface area (Å²) in [5, 5.41) is 14.9.